The second kappa shape index (κ2) is 13.1. The van der Waals surface area contributed by atoms with Gasteiger partial charge in [0.15, 0.2) is 0 Å². The third-order valence-corrected chi connectivity index (χ3v) is 7.43. The van der Waals surface area contributed by atoms with E-state index in [9.17, 15) is 22.4 Å². The lowest BCUT2D eigenvalue weighted by Gasteiger charge is -2.33. The van der Waals surface area contributed by atoms with Gasteiger partial charge in [-0.2, -0.15) is 0 Å². The van der Waals surface area contributed by atoms with Crippen LogP contribution in [0.4, 0.5) is 10.1 Å². The summed E-state index contributed by atoms with van der Waals surface area (Å²) in [7, 11) is -3.99. The molecule has 0 aliphatic carbocycles. The van der Waals surface area contributed by atoms with Crippen LogP contribution in [0, 0.1) is 5.82 Å². The average molecular weight is 581 g/mol. The Bertz CT molecular complexity index is 1370. The Kier molecular flexibility index (Phi) is 10.1. The van der Waals surface area contributed by atoms with Crippen LogP contribution in [-0.2, 0) is 32.6 Å². The molecule has 0 bridgehead atoms. The molecular formula is C27H28Cl2FN3O4S. The summed E-state index contributed by atoms with van der Waals surface area (Å²) in [5, 5.41) is 3.08. The standard InChI is InChI=1S/C27H28Cl2FN3O4S/c1-3-31-27(35)25(15-19-7-5-4-6-8-19)32(17-20-9-12-22(30)13-10-20)26(34)18-33(38(2,36)37)24-16-21(28)11-14-23(24)29/h4-14,16,25H,3,15,17-18H2,1-2H3,(H,31,35)/t25-/m1/s1. The predicted molar refractivity (Wildman–Crippen MR) is 148 cm³/mol. The van der Waals surface area contributed by atoms with Crippen molar-refractivity contribution in [2.45, 2.75) is 25.9 Å². The average Bonchev–Trinajstić information content (AvgIpc) is 2.87. The molecule has 0 radical (unpaired) electrons. The number of hydrogen-bond donors (Lipinski definition) is 1. The first-order valence-corrected chi connectivity index (χ1v) is 14.4. The van der Waals surface area contributed by atoms with Crippen molar-refractivity contribution in [3.63, 3.8) is 0 Å². The summed E-state index contributed by atoms with van der Waals surface area (Å²) >= 11 is 12.4. The highest BCUT2D eigenvalue weighted by atomic mass is 35.5. The van der Waals surface area contributed by atoms with Gasteiger partial charge in [-0.1, -0.05) is 65.7 Å². The van der Waals surface area contributed by atoms with Crippen molar-refractivity contribution in [2.24, 2.45) is 0 Å². The van der Waals surface area contributed by atoms with Crippen LogP contribution in [0.25, 0.3) is 0 Å². The Labute approximate surface area is 232 Å². The number of halogens is 3. The molecule has 0 aliphatic heterocycles. The Balaban J connectivity index is 2.06. The van der Waals surface area contributed by atoms with E-state index < -0.39 is 40.2 Å². The number of nitrogens with zero attached hydrogens (tertiary/aromatic N) is 2. The van der Waals surface area contributed by atoms with Gasteiger partial charge in [0.25, 0.3) is 0 Å². The minimum atomic E-state index is -3.99. The Morgan fingerprint density at radius 1 is 0.974 bits per heavy atom. The summed E-state index contributed by atoms with van der Waals surface area (Å²) in [5.74, 6) is -1.50. The van der Waals surface area contributed by atoms with E-state index in [4.69, 9.17) is 23.2 Å². The number of hydrogen-bond acceptors (Lipinski definition) is 4. The topological polar surface area (TPSA) is 86.8 Å². The van der Waals surface area contributed by atoms with E-state index in [0.29, 0.717) is 12.1 Å². The van der Waals surface area contributed by atoms with Gasteiger partial charge in [0, 0.05) is 24.5 Å². The van der Waals surface area contributed by atoms with Crippen molar-refractivity contribution in [2.75, 3.05) is 23.7 Å². The van der Waals surface area contributed by atoms with E-state index in [2.05, 4.69) is 5.32 Å². The first-order chi connectivity index (χ1) is 18.0. The number of carbonyl (C=O) groups excluding carboxylic acids is 2. The van der Waals surface area contributed by atoms with Crippen LogP contribution in [0.3, 0.4) is 0 Å². The van der Waals surface area contributed by atoms with Crippen LogP contribution in [0.15, 0.2) is 72.8 Å². The summed E-state index contributed by atoms with van der Waals surface area (Å²) < 4.78 is 40.0. The summed E-state index contributed by atoms with van der Waals surface area (Å²) in [5.41, 5.74) is 1.40. The van der Waals surface area contributed by atoms with Crippen molar-refractivity contribution in [1.82, 2.24) is 10.2 Å². The highest BCUT2D eigenvalue weighted by Gasteiger charge is 2.33. The SMILES string of the molecule is CCNC(=O)[C@@H](Cc1ccccc1)N(Cc1ccc(F)cc1)C(=O)CN(c1cc(Cl)ccc1Cl)S(C)(=O)=O. The van der Waals surface area contributed by atoms with Crippen molar-refractivity contribution in [1.29, 1.82) is 0 Å². The van der Waals surface area contributed by atoms with E-state index in [1.807, 2.05) is 30.3 Å². The minimum absolute atomic E-state index is 0.0365. The predicted octanol–water partition coefficient (Wildman–Crippen LogP) is 4.67. The molecule has 3 rings (SSSR count). The lowest BCUT2D eigenvalue weighted by atomic mass is 10.0. The van der Waals surface area contributed by atoms with E-state index in [0.717, 1.165) is 16.1 Å². The minimum Gasteiger partial charge on any atom is -0.355 e. The van der Waals surface area contributed by atoms with Gasteiger partial charge in [-0.3, -0.25) is 13.9 Å². The first kappa shape index (κ1) is 29.4. The molecule has 1 N–H and O–H groups in total. The third-order valence-electron chi connectivity index (χ3n) is 5.74. The Hall–Kier alpha value is -3.14. The van der Waals surface area contributed by atoms with Gasteiger partial charge >= 0.3 is 0 Å². The first-order valence-electron chi connectivity index (χ1n) is 11.8. The summed E-state index contributed by atoms with van der Waals surface area (Å²) in [6.45, 7) is 1.39. The monoisotopic (exact) mass is 579 g/mol. The van der Waals surface area contributed by atoms with Crippen molar-refractivity contribution >= 4 is 50.7 Å². The molecule has 0 spiro atoms. The fourth-order valence-corrected chi connectivity index (χ4v) is 5.19. The maximum absolute atomic E-state index is 13.9. The van der Waals surface area contributed by atoms with Crippen LogP contribution >= 0.6 is 23.2 Å². The molecule has 0 fully saturated rings. The molecule has 1 atom stereocenters. The molecule has 0 heterocycles. The maximum atomic E-state index is 13.9. The number of amides is 2. The van der Waals surface area contributed by atoms with Crippen LogP contribution < -0.4 is 9.62 Å². The maximum Gasteiger partial charge on any atom is 0.244 e. The number of carbonyl (C=O) groups is 2. The molecule has 202 valence electrons. The molecule has 7 nitrogen and oxygen atoms in total. The van der Waals surface area contributed by atoms with Crippen LogP contribution in [-0.4, -0.2) is 50.5 Å². The van der Waals surface area contributed by atoms with Gasteiger partial charge in [0.1, 0.15) is 18.4 Å². The fraction of sp³-hybridized carbons (Fsp3) is 0.259. The van der Waals surface area contributed by atoms with Gasteiger partial charge in [-0.25, -0.2) is 12.8 Å². The smallest absolute Gasteiger partial charge is 0.244 e. The zero-order chi connectivity index (χ0) is 27.9. The zero-order valence-electron chi connectivity index (χ0n) is 20.9. The van der Waals surface area contributed by atoms with Gasteiger partial charge < -0.3 is 10.2 Å². The molecular weight excluding hydrogens is 552 g/mol. The zero-order valence-corrected chi connectivity index (χ0v) is 23.2. The Morgan fingerprint density at radius 3 is 2.24 bits per heavy atom. The number of rotatable bonds is 11. The van der Waals surface area contributed by atoms with Gasteiger partial charge in [0.2, 0.25) is 21.8 Å². The lowest BCUT2D eigenvalue weighted by molar-refractivity contribution is -0.140. The van der Waals surface area contributed by atoms with E-state index in [1.165, 1.54) is 47.4 Å². The number of nitrogens with one attached hydrogen (secondary N) is 1. The molecule has 0 unspecified atom stereocenters. The van der Waals surface area contributed by atoms with Crippen LogP contribution in [0.1, 0.15) is 18.1 Å². The second-order valence-electron chi connectivity index (χ2n) is 8.61. The molecule has 3 aromatic carbocycles. The normalized spacial score (nSPS) is 12.0. The molecule has 0 aromatic heterocycles. The van der Waals surface area contributed by atoms with Gasteiger partial charge in [0.05, 0.1) is 17.0 Å². The fourth-order valence-electron chi connectivity index (χ4n) is 3.90. The number of sulfonamides is 1. The van der Waals surface area contributed by atoms with E-state index >= 15 is 0 Å². The number of likely N-dealkylation sites (N-methyl/N-ethyl adjacent to an activating group) is 1. The molecule has 2 amide bonds. The molecule has 0 saturated carbocycles. The summed E-state index contributed by atoms with van der Waals surface area (Å²) in [4.78, 5) is 28.4. The summed E-state index contributed by atoms with van der Waals surface area (Å²) in [6, 6.07) is 18.0. The Morgan fingerprint density at radius 2 is 1.63 bits per heavy atom. The van der Waals surface area contributed by atoms with Gasteiger partial charge in [-0.15, -0.1) is 0 Å². The number of benzene rings is 3. The largest absolute Gasteiger partial charge is 0.355 e. The molecule has 11 heteroatoms. The van der Waals surface area contributed by atoms with Crippen LogP contribution in [0.2, 0.25) is 10.0 Å². The molecule has 38 heavy (non-hydrogen) atoms. The van der Waals surface area contributed by atoms with Crippen LogP contribution in [0.5, 0.6) is 0 Å². The van der Waals surface area contributed by atoms with Gasteiger partial charge in [-0.05, 0) is 48.4 Å². The molecule has 0 saturated heterocycles. The van der Waals surface area contributed by atoms with Crippen molar-refractivity contribution < 1.29 is 22.4 Å². The highest BCUT2D eigenvalue weighted by molar-refractivity contribution is 7.92. The third kappa shape index (κ3) is 7.93. The lowest BCUT2D eigenvalue weighted by Crippen LogP contribution is -2.53. The molecule has 3 aromatic rings. The molecule has 0 aliphatic rings. The van der Waals surface area contributed by atoms with E-state index in [-0.39, 0.29) is 28.7 Å². The van der Waals surface area contributed by atoms with Crippen molar-refractivity contribution in [3.05, 3.63) is 99.8 Å². The van der Waals surface area contributed by atoms with Crippen molar-refractivity contribution in [3.8, 4) is 0 Å². The quantitative estimate of drug-likeness (QED) is 0.357. The highest BCUT2D eigenvalue weighted by Crippen LogP contribution is 2.31. The van der Waals surface area contributed by atoms with E-state index in [1.54, 1.807) is 6.92 Å². The number of anilines is 1. The second-order valence-corrected chi connectivity index (χ2v) is 11.4. The summed E-state index contributed by atoms with van der Waals surface area (Å²) in [6.07, 6.45) is 1.13.